The third-order valence-corrected chi connectivity index (χ3v) is 4.34. The molecule has 118 valence electrons. The molecule has 0 amide bonds. The lowest BCUT2D eigenvalue weighted by Crippen LogP contribution is -2.25. The Balaban J connectivity index is 2.79. The molecular weight excluding hydrogens is 260 g/mol. The molecule has 0 fully saturated rings. The predicted octanol–water partition coefficient (Wildman–Crippen LogP) is 5.31. The molecular formula is C19H30O2. The van der Waals surface area contributed by atoms with Crippen LogP contribution in [0.3, 0.4) is 0 Å². The lowest BCUT2D eigenvalue weighted by atomic mass is 9.83. The molecule has 0 saturated carbocycles. The van der Waals surface area contributed by atoms with Crippen LogP contribution in [0.4, 0.5) is 0 Å². The minimum Gasteiger partial charge on any atom is -0.507 e. The summed E-state index contributed by atoms with van der Waals surface area (Å²) in [4.78, 5) is 0. The second-order valence-corrected chi connectivity index (χ2v) is 7.56. The highest BCUT2D eigenvalue weighted by Gasteiger charge is 2.37. The van der Waals surface area contributed by atoms with Crippen molar-refractivity contribution in [2.24, 2.45) is 0 Å². The van der Waals surface area contributed by atoms with E-state index in [1.54, 1.807) is 0 Å². The largest absolute Gasteiger partial charge is 0.507 e. The number of ether oxygens (including phenoxy) is 1. The number of benzene rings is 1. The zero-order valence-electron chi connectivity index (χ0n) is 14.6. The quantitative estimate of drug-likeness (QED) is 0.814. The van der Waals surface area contributed by atoms with Gasteiger partial charge in [-0.2, -0.15) is 0 Å². The van der Waals surface area contributed by atoms with Crippen LogP contribution in [0.25, 0.3) is 0 Å². The number of aromatic hydroxyl groups is 1. The van der Waals surface area contributed by atoms with Gasteiger partial charge in [-0.3, -0.25) is 0 Å². The van der Waals surface area contributed by atoms with E-state index in [4.69, 9.17) is 4.74 Å². The molecule has 0 atom stereocenters. The maximum absolute atomic E-state index is 10.9. The van der Waals surface area contributed by atoms with Crippen LogP contribution < -0.4 is 4.74 Å². The molecule has 1 aliphatic rings. The van der Waals surface area contributed by atoms with Crippen molar-refractivity contribution in [2.75, 3.05) is 0 Å². The first-order valence-electron chi connectivity index (χ1n) is 8.29. The summed E-state index contributed by atoms with van der Waals surface area (Å²) in [6.07, 6.45) is 2.92. The number of hydrogen-bond acceptors (Lipinski definition) is 2. The van der Waals surface area contributed by atoms with E-state index in [0.29, 0.717) is 17.6 Å². The van der Waals surface area contributed by atoms with Crippen LogP contribution in [0.1, 0.15) is 89.0 Å². The molecule has 21 heavy (non-hydrogen) atoms. The summed E-state index contributed by atoms with van der Waals surface area (Å²) < 4.78 is 6.30. The first-order valence-corrected chi connectivity index (χ1v) is 8.29. The Morgan fingerprint density at radius 1 is 1.10 bits per heavy atom. The summed E-state index contributed by atoms with van der Waals surface area (Å²) in [5.74, 6) is 2.20. The number of phenols is 1. The minimum atomic E-state index is -0.170. The molecule has 2 nitrogen and oxygen atoms in total. The Morgan fingerprint density at radius 3 is 2.14 bits per heavy atom. The van der Waals surface area contributed by atoms with Crippen molar-refractivity contribution in [1.82, 2.24) is 0 Å². The molecule has 0 saturated heterocycles. The summed E-state index contributed by atoms with van der Waals surface area (Å²) in [6.45, 7) is 15.1. The van der Waals surface area contributed by atoms with E-state index in [1.807, 2.05) is 0 Å². The zero-order chi connectivity index (χ0) is 15.9. The minimum absolute atomic E-state index is 0.170. The highest BCUT2D eigenvalue weighted by molar-refractivity contribution is 5.62. The van der Waals surface area contributed by atoms with Gasteiger partial charge in [-0.1, -0.05) is 41.0 Å². The second kappa shape index (κ2) is 5.55. The normalized spacial score (nSPS) is 16.4. The fraction of sp³-hybridized carbons (Fsp3) is 0.684. The average molecular weight is 290 g/mol. The van der Waals surface area contributed by atoms with Crippen LogP contribution in [-0.4, -0.2) is 10.7 Å². The molecule has 2 rings (SSSR count). The van der Waals surface area contributed by atoms with Gasteiger partial charge < -0.3 is 9.84 Å². The van der Waals surface area contributed by atoms with Gasteiger partial charge in [0.2, 0.25) is 0 Å². The summed E-state index contributed by atoms with van der Waals surface area (Å²) in [5, 5.41) is 10.9. The molecule has 1 aromatic rings. The van der Waals surface area contributed by atoms with Crippen molar-refractivity contribution in [3.05, 3.63) is 22.3 Å². The molecule has 0 aromatic heterocycles. The topological polar surface area (TPSA) is 29.5 Å². The van der Waals surface area contributed by atoms with Crippen LogP contribution in [-0.2, 0) is 12.8 Å². The van der Waals surface area contributed by atoms with Gasteiger partial charge in [0, 0.05) is 28.7 Å². The Morgan fingerprint density at radius 2 is 1.67 bits per heavy atom. The van der Waals surface area contributed by atoms with Gasteiger partial charge in [-0.25, -0.2) is 0 Å². The van der Waals surface area contributed by atoms with Crippen molar-refractivity contribution in [3.8, 4) is 11.5 Å². The van der Waals surface area contributed by atoms with E-state index >= 15 is 0 Å². The van der Waals surface area contributed by atoms with E-state index in [0.717, 1.165) is 36.1 Å². The SMILES string of the molecule is CCCc1c2c(c(C(C)C)c(O)c1C(C)C)CC(C)(C)O2. The molecule has 0 bridgehead atoms. The lowest BCUT2D eigenvalue weighted by molar-refractivity contribution is 0.137. The standard InChI is InChI=1S/C19H30O2/c1-8-9-13-15(11(2)3)17(20)16(12(4)5)14-10-19(6,7)21-18(13)14/h11-12,20H,8-10H2,1-7H3. The molecule has 1 aromatic carbocycles. The number of phenolic OH excluding ortho intramolecular Hbond substituents is 1. The smallest absolute Gasteiger partial charge is 0.127 e. The summed E-state index contributed by atoms with van der Waals surface area (Å²) >= 11 is 0. The van der Waals surface area contributed by atoms with E-state index in [1.165, 1.54) is 11.1 Å². The Kier molecular flexibility index (Phi) is 4.28. The zero-order valence-corrected chi connectivity index (χ0v) is 14.6. The van der Waals surface area contributed by atoms with Gasteiger partial charge in [-0.05, 0) is 32.1 Å². The van der Waals surface area contributed by atoms with Crippen LogP contribution >= 0.6 is 0 Å². The van der Waals surface area contributed by atoms with Gasteiger partial charge >= 0.3 is 0 Å². The Hall–Kier alpha value is -1.18. The molecule has 0 spiro atoms. The third kappa shape index (κ3) is 2.77. The number of rotatable bonds is 4. The molecule has 0 unspecified atom stereocenters. The van der Waals surface area contributed by atoms with Gasteiger partial charge in [0.1, 0.15) is 17.1 Å². The maximum atomic E-state index is 10.9. The van der Waals surface area contributed by atoms with Crippen LogP contribution in [0.2, 0.25) is 0 Å². The van der Waals surface area contributed by atoms with Gasteiger partial charge in [0.05, 0.1) is 0 Å². The fourth-order valence-corrected chi connectivity index (χ4v) is 3.64. The molecule has 1 heterocycles. The van der Waals surface area contributed by atoms with Gasteiger partial charge in [0.25, 0.3) is 0 Å². The first-order chi connectivity index (χ1) is 9.69. The highest BCUT2D eigenvalue weighted by atomic mass is 16.5. The number of hydrogen-bond donors (Lipinski definition) is 1. The van der Waals surface area contributed by atoms with Crippen molar-refractivity contribution in [2.45, 2.75) is 85.2 Å². The predicted molar refractivity (Wildman–Crippen MR) is 88.7 cm³/mol. The van der Waals surface area contributed by atoms with Gasteiger partial charge in [-0.15, -0.1) is 0 Å². The fourth-order valence-electron chi connectivity index (χ4n) is 3.64. The van der Waals surface area contributed by atoms with E-state index in [-0.39, 0.29) is 5.60 Å². The number of fused-ring (bicyclic) bond motifs is 1. The Bertz CT molecular complexity index is 539. The highest BCUT2D eigenvalue weighted by Crippen LogP contribution is 2.50. The summed E-state index contributed by atoms with van der Waals surface area (Å²) in [5.41, 5.74) is 4.49. The monoisotopic (exact) mass is 290 g/mol. The van der Waals surface area contributed by atoms with E-state index in [9.17, 15) is 5.11 Å². The molecule has 2 heteroatoms. The maximum Gasteiger partial charge on any atom is 0.127 e. The third-order valence-electron chi connectivity index (χ3n) is 4.34. The molecule has 0 aliphatic carbocycles. The lowest BCUT2D eigenvalue weighted by Gasteiger charge is -2.23. The van der Waals surface area contributed by atoms with Crippen molar-refractivity contribution < 1.29 is 9.84 Å². The average Bonchev–Trinajstić information content (AvgIpc) is 2.63. The summed E-state index contributed by atoms with van der Waals surface area (Å²) in [7, 11) is 0. The van der Waals surface area contributed by atoms with Crippen LogP contribution in [0.5, 0.6) is 11.5 Å². The van der Waals surface area contributed by atoms with Crippen LogP contribution in [0.15, 0.2) is 0 Å². The summed E-state index contributed by atoms with van der Waals surface area (Å²) in [6, 6.07) is 0. The molecule has 0 radical (unpaired) electrons. The van der Waals surface area contributed by atoms with E-state index < -0.39 is 0 Å². The van der Waals surface area contributed by atoms with Gasteiger partial charge in [0.15, 0.2) is 0 Å². The van der Waals surface area contributed by atoms with Crippen LogP contribution in [0, 0.1) is 0 Å². The van der Waals surface area contributed by atoms with Crippen molar-refractivity contribution >= 4 is 0 Å². The molecule has 1 N–H and O–H groups in total. The second-order valence-electron chi connectivity index (χ2n) is 7.56. The first kappa shape index (κ1) is 16.2. The Labute approximate surface area is 129 Å². The van der Waals surface area contributed by atoms with Crippen molar-refractivity contribution in [3.63, 3.8) is 0 Å². The van der Waals surface area contributed by atoms with Crippen molar-refractivity contribution in [1.29, 1.82) is 0 Å². The van der Waals surface area contributed by atoms with E-state index in [2.05, 4.69) is 48.5 Å². The molecule has 1 aliphatic heterocycles.